The highest BCUT2D eigenvalue weighted by atomic mass is 35.5. The van der Waals surface area contributed by atoms with Gasteiger partial charge in [0.2, 0.25) is 11.8 Å². The molecule has 0 spiro atoms. The number of halogens is 5. The van der Waals surface area contributed by atoms with Gasteiger partial charge in [-0.15, -0.1) is 0 Å². The van der Waals surface area contributed by atoms with Crippen molar-refractivity contribution in [1.82, 2.24) is 15.2 Å². The Labute approximate surface area is 201 Å². The van der Waals surface area contributed by atoms with Gasteiger partial charge in [-0.05, 0) is 42.0 Å². The van der Waals surface area contributed by atoms with Gasteiger partial charge >= 0.3 is 6.18 Å². The Balaban J connectivity index is 1.61. The van der Waals surface area contributed by atoms with Crippen molar-refractivity contribution in [1.29, 1.82) is 0 Å². The number of pyridine rings is 1. The van der Waals surface area contributed by atoms with Crippen LogP contribution in [0.4, 0.5) is 23.2 Å². The maximum absolute atomic E-state index is 13.6. The fourth-order valence-corrected chi connectivity index (χ4v) is 4.02. The number of carbonyl (C=O) groups is 3. The van der Waals surface area contributed by atoms with Crippen LogP contribution in [-0.4, -0.2) is 53.4 Å². The SMILES string of the molecule is O=C(CN1CC(C(=O)Nc2cncc3cc(F)ccc23)c2cc(Cl)ccc2C1=O)NCC(F)(F)F. The summed E-state index contributed by atoms with van der Waals surface area (Å²) in [5.41, 5.74) is 0.705. The molecule has 0 saturated carbocycles. The lowest BCUT2D eigenvalue weighted by Crippen LogP contribution is -2.48. The Kier molecular flexibility index (Phi) is 6.62. The van der Waals surface area contributed by atoms with E-state index in [1.54, 1.807) is 5.32 Å². The molecule has 3 aromatic rings. The molecule has 2 aromatic carbocycles. The third-order valence-corrected chi connectivity index (χ3v) is 5.66. The standard InChI is InChI=1S/C23H17ClF4N4O3/c24-13-1-3-16-17(6-13)18(9-32(22(16)35)10-20(33)30-11-23(26,27)28)21(34)31-19-8-29-7-12-5-14(25)2-4-15(12)19/h1-8,18H,9-11H2,(H,30,33)(H,31,34). The number of benzene rings is 2. The van der Waals surface area contributed by atoms with Gasteiger partial charge in [0.05, 0.1) is 24.3 Å². The molecule has 1 unspecified atom stereocenters. The van der Waals surface area contributed by atoms with Crippen molar-refractivity contribution >= 4 is 45.8 Å². The second-order valence-corrected chi connectivity index (χ2v) is 8.34. The molecule has 7 nitrogen and oxygen atoms in total. The van der Waals surface area contributed by atoms with Crippen molar-refractivity contribution in [3.05, 3.63) is 70.8 Å². The van der Waals surface area contributed by atoms with Crippen molar-refractivity contribution in [3.63, 3.8) is 0 Å². The first kappa shape index (κ1) is 24.4. The normalized spacial score (nSPS) is 15.6. The van der Waals surface area contributed by atoms with E-state index in [0.717, 1.165) is 4.90 Å². The van der Waals surface area contributed by atoms with Crippen LogP contribution in [0.5, 0.6) is 0 Å². The third-order valence-electron chi connectivity index (χ3n) is 5.43. The molecule has 0 aliphatic carbocycles. The monoisotopic (exact) mass is 508 g/mol. The molecule has 1 aliphatic rings. The van der Waals surface area contributed by atoms with Gasteiger partial charge in [-0.2, -0.15) is 13.2 Å². The van der Waals surface area contributed by atoms with Crippen LogP contribution in [0.1, 0.15) is 21.8 Å². The molecule has 0 radical (unpaired) electrons. The summed E-state index contributed by atoms with van der Waals surface area (Å²) in [5.74, 6) is -3.68. The van der Waals surface area contributed by atoms with Crippen LogP contribution >= 0.6 is 11.6 Å². The van der Waals surface area contributed by atoms with Crippen LogP contribution in [-0.2, 0) is 9.59 Å². The minimum atomic E-state index is -4.61. The van der Waals surface area contributed by atoms with Gasteiger partial charge in [-0.25, -0.2) is 4.39 Å². The summed E-state index contributed by atoms with van der Waals surface area (Å²) >= 11 is 6.08. The summed E-state index contributed by atoms with van der Waals surface area (Å²) in [6.45, 7) is -2.49. The van der Waals surface area contributed by atoms with Crippen LogP contribution in [0.2, 0.25) is 5.02 Å². The zero-order valence-electron chi connectivity index (χ0n) is 17.8. The number of nitrogens with zero attached hydrogens (tertiary/aromatic N) is 2. The van der Waals surface area contributed by atoms with E-state index in [1.165, 1.54) is 48.8 Å². The Morgan fingerprint density at radius 1 is 1.14 bits per heavy atom. The average molecular weight is 509 g/mol. The molecule has 12 heteroatoms. The summed E-state index contributed by atoms with van der Waals surface area (Å²) in [6.07, 6.45) is -1.79. The predicted octanol–water partition coefficient (Wildman–Crippen LogP) is 3.88. The molecule has 0 fully saturated rings. The highest BCUT2D eigenvalue weighted by molar-refractivity contribution is 6.30. The van der Waals surface area contributed by atoms with E-state index < -0.39 is 48.7 Å². The van der Waals surface area contributed by atoms with Crippen molar-refractivity contribution in [2.24, 2.45) is 0 Å². The van der Waals surface area contributed by atoms with E-state index >= 15 is 0 Å². The third kappa shape index (κ3) is 5.51. The fourth-order valence-electron chi connectivity index (χ4n) is 3.84. The summed E-state index contributed by atoms with van der Waals surface area (Å²) in [5, 5.41) is 5.68. The van der Waals surface area contributed by atoms with Gasteiger partial charge in [-0.1, -0.05) is 11.6 Å². The number of aromatic nitrogens is 1. The Morgan fingerprint density at radius 3 is 2.66 bits per heavy atom. The average Bonchev–Trinajstić information content (AvgIpc) is 2.79. The van der Waals surface area contributed by atoms with E-state index in [9.17, 15) is 31.9 Å². The van der Waals surface area contributed by atoms with Crippen LogP contribution < -0.4 is 10.6 Å². The molecule has 3 amide bonds. The maximum Gasteiger partial charge on any atom is 0.405 e. The van der Waals surface area contributed by atoms with Gasteiger partial charge in [0.15, 0.2) is 0 Å². The maximum atomic E-state index is 13.6. The van der Waals surface area contributed by atoms with Gasteiger partial charge < -0.3 is 15.5 Å². The van der Waals surface area contributed by atoms with Gasteiger partial charge in [-0.3, -0.25) is 19.4 Å². The minimum absolute atomic E-state index is 0.0996. The Hall–Kier alpha value is -3.73. The molecule has 4 rings (SSSR count). The topological polar surface area (TPSA) is 91.4 Å². The smallest absolute Gasteiger partial charge is 0.345 e. The summed E-state index contributed by atoms with van der Waals surface area (Å²) in [4.78, 5) is 43.3. The number of fused-ring (bicyclic) bond motifs is 2. The molecule has 2 N–H and O–H groups in total. The molecule has 1 aliphatic heterocycles. The lowest BCUT2D eigenvalue weighted by Gasteiger charge is -2.33. The quantitative estimate of drug-likeness (QED) is 0.512. The molecule has 182 valence electrons. The number of carbonyl (C=O) groups excluding carboxylic acids is 3. The summed E-state index contributed by atoms with van der Waals surface area (Å²) in [6, 6.07) is 8.25. The van der Waals surface area contributed by atoms with E-state index in [1.807, 2.05) is 0 Å². The highest BCUT2D eigenvalue weighted by Crippen LogP contribution is 2.32. The van der Waals surface area contributed by atoms with E-state index in [4.69, 9.17) is 11.6 Å². The van der Waals surface area contributed by atoms with Crippen molar-refractivity contribution in [2.75, 3.05) is 25.0 Å². The zero-order valence-corrected chi connectivity index (χ0v) is 18.6. The van der Waals surface area contributed by atoms with Gasteiger partial charge in [0, 0.05) is 34.1 Å². The minimum Gasteiger partial charge on any atom is -0.345 e. The van der Waals surface area contributed by atoms with E-state index in [-0.39, 0.29) is 17.1 Å². The van der Waals surface area contributed by atoms with Crippen LogP contribution in [0, 0.1) is 5.82 Å². The number of anilines is 1. The van der Waals surface area contributed by atoms with Crippen LogP contribution in [0.15, 0.2) is 48.8 Å². The van der Waals surface area contributed by atoms with Gasteiger partial charge in [0.25, 0.3) is 5.91 Å². The summed E-state index contributed by atoms with van der Waals surface area (Å²) in [7, 11) is 0. The molecular weight excluding hydrogens is 492 g/mol. The molecular formula is C23H17ClF4N4O3. The zero-order chi connectivity index (χ0) is 25.3. The Bertz CT molecular complexity index is 1330. The molecule has 35 heavy (non-hydrogen) atoms. The molecule has 1 aromatic heterocycles. The van der Waals surface area contributed by atoms with Crippen molar-refractivity contribution in [2.45, 2.75) is 12.1 Å². The number of hydrogen-bond donors (Lipinski definition) is 2. The lowest BCUT2D eigenvalue weighted by atomic mass is 9.88. The first-order valence-corrected chi connectivity index (χ1v) is 10.7. The van der Waals surface area contributed by atoms with Crippen molar-refractivity contribution in [3.8, 4) is 0 Å². The van der Waals surface area contributed by atoms with Crippen molar-refractivity contribution < 1.29 is 31.9 Å². The summed E-state index contributed by atoms with van der Waals surface area (Å²) < 4.78 is 50.9. The fraction of sp³-hybridized carbons (Fsp3) is 0.217. The largest absolute Gasteiger partial charge is 0.405 e. The number of alkyl halides is 3. The van der Waals surface area contributed by atoms with Crippen LogP contribution in [0.3, 0.4) is 0 Å². The number of nitrogens with one attached hydrogen (secondary N) is 2. The van der Waals surface area contributed by atoms with E-state index in [2.05, 4.69) is 10.3 Å². The molecule has 2 heterocycles. The Morgan fingerprint density at radius 2 is 1.91 bits per heavy atom. The predicted molar refractivity (Wildman–Crippen MR) is 119 cm³/mol. The second kappa shape index (κ2) is 9.49. The highest BCUT2D eigenvalue weighted by Gasteiger charge is 2.37. The number of rotatable bonds is 5. The number of hydrogen-bond acceptors (Lipinski definition) is 4. The number of amides is 3. The molecule has 1 atom stereocenters. The molecule has 0 bridgehead atoms. The first-order chi connectivity index (χ1) is 16.5. The van der Waals surface area contributed by atoms with Crippen LogP contribution in [0.25, 0.3) is 10.8 Å². The second-order valence-electron chi connectivity index (χ2n) is 7.90. The molecule has 0 saturated heterocycles. The van der Waals surface area contributed by atoms with E-state index in [0.29, 0.717) is 22.0 Å². The lowest BCUT2D eigenvalue weighted by molar-refractivity contribution is -0.138. The van der Waals surface area contributed by atoms with Gasteiger partial charge in [0.1, 0.15) is 12.4 Å². The first-order valence-electron chi connectivity index (χ1n) is 10.3.